The molecule has 0 saturated heterocycles. The van der Waals surface area contributed by atoms with Gasteiger partial charge in [0, 0.05) is 10.9 Å². The summed E-state index contributed by atoms with van der Waals surface area (Å²) in [5, 5.41) is 3.70. The van der Waals surface area contributed by atoms with Crippen molar-refractivity contribution in [2.45, 2.75) is 51.0 Å². The summed E-state index contributed by atoms with van der Waals surface area (Å²) in [7, 11) is 0. The first kappa shape index (κ1) is 16.7. The highest BCUT2D eigenvalue weighted by Crippen LogP contribution is 2.38. The second-order valence-corrected chi connectivity index (χ2v) is 8.22. The Kier molecular flexibility index (Phi) is 5.26. The molecule has 1 aromatic rings. The van der Waals surface area contributed by atoms with Crippen molar-refractivity contribution in [2.24, 2.45) is 11.3 Å². The molecule has 4 heteroatoms. The quantitative estimate of drug-likeness (QED) is 0.792. The van der Waals surface area contributed by atoms with Gasteiger partial charge in [-0.3, -0.25) is 4.79 Å². The van der Waals surface area contributed by atoms with Crippen LogP contribution in [0, 0.1) is 11.3 Å². The number of hydrogen-bond acceptors (Lipinski definition) is 2. The highest BCUT2D eigenvalue weighted by molar-refractivity contribution is 7.98. The number of benzene rings is 1. The van der Waals surface area contributed by atoms with Gasteiger partial charge >= 0.3 is 0 Å². The summed E-state index contributed by atoms with van der Waals surface area (Å²) in [6.07, 6.45) is 5.30. The molecule has 2 nitrogen and oxygen atoms in total. The van der Waals surface area contributed by atoms with E-state index in [0.29, 0.717) is 21.9 Å². The highest BCUT2D eigenvalue weighted by atomic mass is 35.5. The number of nitrogens with one attached hydrogen (secondary N) is 1. The zero-order chi connectivity index (χ0) is 15.6. The maximum atomic E-state index is 12.5. The Morgan fingerprint density at radius 1 is 1.38 bits per heavy atom. The van der Waals surface area contributed by atoms with Crippen LogP contribution >= 0.6 is 23.4 Å². The molecule has 0 bridgehead atoms. The second kappa shape index (κ2) is 6.62. The molecule has 0 unspecified atom stereocenters. The average Bonchev–Trinajstić information content (AvgIpc) is 2.36. The van der Waals surface area contributed by atoms with Crippen molar-refractivity contribution in [1.29, 1.82) is 0 Å². The molecule has 21 heavy (non-hydrogen) atoms. The van der Waals surface area contributed by atoms with Gasteiger partial charge in [-0.25, -0.2) is 0 Å². The van der Waals surface area contributed by atoms with Gasteiger partial charge in [0.2, 0.25) is 0 Å². The minimum Gasteiger partial charge on any atom is -0.349 e. The van der Waals surface area contributed by atoms with Gasteiger partial charge in [-0.15, -0.1) is 11.8 Å². The zero-order valence-electron chi connectivity index (χ0n) is 13.2. The highest BCUT2D eigenvalue weighted by Gasteiger charge is 2.33. The molecule has 1 fully saturated rings. The van der Waals surface area contributed by atoms with E-state index in [-0.39, 0.29) is 11.9 Å². The van der Waals surface area contributed by atoms with Gasteiger partial charge in [0.1, 0.15) is 0 Å². The van der Waals surface area contributed by atoms with E-state index in [0.717, 1.165) is 17.7 Å². The van der Waals surface area contributed by atoms with Gasteiger partial charge in [-0.05, 0) is 55.1 Å². The van der Waals surface area contributed by atoms with Crippen LogP contribution in [-0.4, -0.2) is 18.2 Å². The second-order valence-electron chi connectivity index (χ2n) is 6.93. The normalized spacial score (nSPS) is 24.6. The number of thioether (sulfide) groups is 1. The lowest BCUT2D eigenvalue weighted by molar-refractivity contribution is 0.0874. The third-order valence-electron chi connectivity index (χ3n) is 4.14. The fourth-order valence-electron chi connectivity index (χ4n) is 3.52. The number of halogens is 1. The molecule has 1 amide bonds. The minimum atomic E-state index is -0.0502. The molecular formula is C17H24ClNOS. The van der Waals surface area contributed by atoms with Crippen molar-refractivity contribution in [2.75, 3.05) is 6.26 Å². The van der Waals surface area contributed by atoms with Crippen LogP contribution in [0.25, 0.3) is 0 Å². The molecular weight excluding hydrogens is 302 g/mol. The largest absolute Gasteiger partial charge is 0.349 e. The third kappa shape index (κ3) is 4.40. The van der Waals surface area contributed by atoms with E-state index in [1.807, 2.05) is 18.4 Å². The summed E-state index contributed by atoms with van der Waals surface area (Å²) < 4.78 is 0. The molecule has 1 aliphatic rings. The van der Waals surface area contributed by atoms with Crippen LogP contribution in [0.2, 0.25) is 5.02 Å². The summed E-state index contributed by atoms with van der Waals surface area (Å²) in [5.74, 6) is 0.595. The maximum absolute atomic E-state index is 12.5. The summed E-state index contributed by atoms with van der Waals surface area (Å²) >= 11 is 7.80. The number of carbonyl (C=O) groups is 1. The Morgan fingerprint density at radius 3 is 2.71 bits per heavy atom. The predicted octanol–water partition coefficient (Wildman–Crippen LogP) is 5.01. The van der Waals surface area contributed by atoms with Gasteiger partial charge in [0.05, 0.1) is 10.6 Å². The molecule has 1 saturated carbocycles. The lowest BCUT2D eigenvalue weighted by Crippen LogP contribution is -2.43. The van der Waals surface area contributed by atoms with Crippen molar-refractivity contribution >= 4 is 29.3 Å². The van der Waals surface area contributed by atoms with Gasteiger partial charge in [-0.1, -0.05) is 32.4 Å². The molecule has 1 N–H and O–H groups in total. The van der Waals surface area contributed by atoms with Crippen molar-refractivity contribution in [3.8, 4) is 0 Å². The molecule has 116 valence electrons. The molecule has 0 radical (unpaired) electrons. The van der Waals surface area contributed by atoms with Gasteiger partial charge in [0.25, 0.3) is 5.91 Å². The Bertz CT molecular complexity index is 530. The lowest BCUT2D eigenvalue weighted by Gasteiger charge is -2.39. The van der Waals surface area contributed by atoms with E-state index >= 15 is 0 Å². The van der Waals surface area contributed by atoms with Crippen LogP contribution in [0.5, 0.6) is 0 Å². The van der Waals surface area contributed by atoms with Crippen molar-refractivity contribution in [3.05, 3.63) is 28.8 Å². The summed E-state index contributed by atoms with van der Waals surface area (Å²) in [6, 6.07) is 5.86. The molecule has 2 atom stereocenters. The fraction of sp³-hybridized carbons (Fsp3) is 0.588. The van der Waals surface area contributed by atoms with E-state index in [4.69, 9.17) is 11.6 Å². The van der Waals surface area contributed by atoms with Crippen LogP contribution in [0.4, 0.5) is 0 Å². The number of carbonyl (C=O) groups excluding carboxylic acids is 1. The Balaban J connectivity index is 2.11. The predicted molar refractivity (Wildman–Crippen MR) is 91.3 cm³/mol. The number of hydrogen-bond donors (Lipinski definition) is 1. The van der Waals surface area contributed by atoms with E-state index in [1.165, 1.54) is 6.42 Å². The van der Waals surface area contributed by atoms with Crippen LogP contribution < -0.4 is 5.32 Å². The molecule has 0 aromatic heterocycles. The molecule has 0 aliphatic heterocycles. The topological polar surface area (TPSA) is 29.1 Å². The average molecular weight is 326 g/mol. The third-order valence-corrected chi connectivity index (χ3v) is 5.20. The maximum Gasteiger partial charge on any atom is 0.253 e. The van der Waals surface area contributed by atoms with Crippen LogP contribution in [0.15, 0.2) is 23.1 Å². The van der Waals surface area contributed by atoms with E-state index in [9.17, 15) is 4.79 Å². The summed E-state index contributed by atoms with van der Waals surface area (Å²) in [5.41, 5.74) is 0.875. The SMILES string of the molecule is CSc1ccc(Cl)c(C(=O)N[C@@H]2C[C@H](C)CC(C)(C)C2)c1. The Hall–Kier alpha value is -0.670. The zero-order valence-corrected chi connectivity index (χ0v) is 14.8. The van der Waals surface area contributed by atoms with Gasteiger partial charge in [-0.2, -0.15) is 0 Å². The first-order valence-corrected chi connectivity index (χ1v) is 9.05. The first-order valence-electron chi connectivity index (χ1n) is 7.45. The van der Waals surface area contributed by atoms with Crippen LogP contribution in [-0.2, 0) is 0 Å². The van der Waals surface area contributed by atoms with Crippen LogP contribution in [0.3, 0.4) is 0 Å². The lowest BCUT2D eigenvalue weighted by atomic mass is 9.70. The van der Waals surface area contributed by atoms with Crippen molar-refractivity contribution in [1.82, 2.24) is 5.32 Å². The van der Waals surface area contributed by atoms with Crippen LogP contribution in [0.1, 0.15) is 50.4 Å². The van der Waals surface area contributed by atoms with Gasteiger partial charge < -0.3 is 5.32 Å². The first-order chi connectivity index (χ1) is 9.80. The monoisotopic (exact) mass is 325 g/mol. The molecule has 0 spiro atoms. The van der Waals surface area contributed by atoms with E-state index in [2.05, 4.69) is 26.1 Å². The number of rotatable bonds is 3. The number of amides is 1. The van der Waals surface area contributed by atoms with Crippen molar-refractivity contribution in [3.63, 3.8) is 0 Å². The van der Waals surface area contributed by atoms with Gasteiger partial charge in [0.15, 0.2) is 0 Å². The molecule has 2 rings (SSSR count). The molecule has 1 aliphatic carbocycles. The van der Waals surface area contributed by atoms with E-state index < -0.39 is 0 Å². The summed E-state index contributed by atoms with van der Waals surface area (Å²) in [4.78, 5) is 13.6. The minimum absolute atomic E-state index is 0.0502. The van der Waals surface area contributed by atoms with E-state index in [1.54, 1.807) is 17.8 Å². The Labute approximate surface area is 137 Å². The smallest absolute Gasteiger partial charge is 0.253 e. The van der Waals surface area contributed by atoms with Crippen molar-refractivity contribution < 1.29 is 4.79 Å². The molecule has 0 heterocycles. The fourth-order valence-corrected chi connectivity index (χ4v) is 4.17. The molecule has 1 aromatic carbocycles. The standard InChI is InChI=1S/C17H24ClNOS/c1-11-7-12(10-17(2,3)9-11)19-16(20)14-8-13(21-4)5-6-15(14)18/h5-6,8,11-12H,7,9-10H2,1-4H3,(H,19,20)/t11-,12+/m0/s1. The Morgan fingerprint density at radius 2 is 2.10 bits per heavy atom. The summed E-state index contributed by atoms with van der Waals surface area (Å²) in [6.45, 7) is 6.83.